The molecule has 1 aromatic rings. The SMILES string of the molecule is O=C(Cc1c(F)cccc1F)NCC1(O)CCC1. The van der Waals surface area contributed by atoms with Crippen LogP contribution in [0.4, 0.5) is 8.78 Å². The van der Waals surface area contributed by atoms with E-state index in [1.165, 1.54) is 6.07 Å². The minimum absolute atomic E-state index is 0.141. The maximum absolute atomic E-state index is 13.3. The van der Waals surface area contributed by atoms with Crippen molar-refractivity contribution in [3.8, 4) is 0 Å². The Morgan fingerprint density at radius 3 is 2.44 bits per heavy atom. The van der Waals surface area contributed by atoms with E-state index in [0.717, 1.165) is 18.6 Å². The van der Waals surface area contributed by atoms with Crippen molar-refractivity contribution in [2.75, 3.05) is 6.54 Å². The molecular formula is C13H15F2NO2. The van der Waals surface area contributed by atoms with Gasteiger partial charge in [0.1, 0.15) is 11.6 Å². The summed E-state index contributed by atoms with van der Waals surface area (Å²) >= 11 is 0. The van der Waals surface area contributed by atoms with Gasteiger partial charge in [-0.2, -0.15) is 0 Å². The Morgan fingerprint density at radius 1 is 1.33 bits per heavy atom. The van der Waals surface area contributed by atoms with Gasteiger partial charge in [0, 0.05) is 12.1 Å². The largest absolute Gasteiger partial charge is 0.388 e. The Labute approximate surface area is 104 Å². The monoisotopic (exact) mass is 255 g/mol. The molecule has 18 heavy (non-hydrogen) atoms. The van der Waals surface area contributed by atoms with Gasteiger partial charge in [-0.15, -0.1) is 0 Å². The Balaban J connectivity index is 1.91. The summed E-state index contributed by atoms with van der Waals surface area (Å²) in [6, 6.07) is 3.49. The molecule has 1 amide bonds. The maximum Gasteiger partial charge on any atom is 0.224 e. The minimum atomic E-state index is -0.830. The van der Waals surface area contributed by atoms with Crippen molar-refractivity contribution >= 4 is 5.91 Å². The molecule has 0 heterocycles. The zero-order valence-electron chi connectivity index (χ0n) is 9.88. The van der Waals surface area contributed by atoms with E-state index in [0.29, 0.717) is 12.8 Å². The van der Waals surface area contributed by atoms with Crippen molar-refractivity contribution < 1.29 is 18.7 Å². The van der Waals surface area contributed by atoms with Crippen LogP contribution in [0.15, 0.2) is 18.2 Å². The van der Waals surface area contributed by atoms with Crippen LogP contribution in [0.5, 0.6) is 0 Å². The van der Waals surface area contributed by atoms with E-state index in [-0.39, 0.29) is 18.5 Å². The fourth-order valence-corrected chi connectivity index (χ4v) is 1.95. The lowest BCUT2D eigenvalue weighted by atomic mass is 9.80. The van der Waals surface area contributed by atoms with Crippen LogP contribution in [0.3, 0.4) is 0 Å². The third-order valence-electron chi connectivity index (χ3n) is 3.30. The Hall–Kier alpha value is -1.49. The van der Waals surface area contributed by atoms with Crippen LogP contribution in [0.25, 0.3) is 0 Å². The predicted molar refractivity (Wildman–Crippen MR) is 61.9 cm³/mol. The van der Waals surface area contributed by atoms with Gasteiger partial charge >= 0.3 is 0 Å². The Morgan fingerprint density at radius 2 is 1.94 bits per heavy atom. The fourth-order valence-electron chi connectivity index (χ4n) is 1.95. The van der Waals surface area contributed by atoms with Gasteiger partial charge in [-0.3, -0.25) is 4.79 Å². The molecule has 1 aliphatic carbocycles. The van der Waals surface area contributed by atoms with E-state index in [1.807, 2.05) is 0 Å². The van der Waals surface area contributed by atoms with Gasteiger partial charge < -0.3 is 10.4 Å². The molecule has 0 saturated heterocycles. The number of carbonyl (C=O) groups excluding carboxylic acids is 1. The number of nitrogens with one attached hydrogen (secondary N) is 1. The lowest BCUT2D eigenvalue weighted by Crippen LogP contribution is -2.48. The smallest absolute Gasteiger partial charge is 0.224 e. The first-order chi connectivity index (χ1) is 8.50. The molecule has 1 saturated carbocycles. The lowest BCUT2D eigenvalue weighted by molar-refractivity contribution is -0.123. The standard InChI is InChI=1S/C13H15F2NO2/c14-10-3-1-4-11(15)9(10)7-12(17)16-8-13(18)5-2-6-13/h1,3-4,18H,2,5-8H2,(H,16,17). The van der Waals surface area contributed by atoms with Crippen molar-refractivity contribution in [3.63, 3.8) is 0 Å². The molecule has 0 radical (unpaired) electrons. The Kier molecular flexibility index (Phi) is 3.61. The highest BCUT2D eigenvalue weighted by Crippen LogP contribution is 2.30. The summed E-state index contributed by atoms with van der Waals surface area (Å²) in [4.78, 5) is 11.5. The van der Waals surface area contributed by atoms with E-state index < -0.39 is 23.1 Å². The van der Waals surface area contributed by atoms with Crippen molar-refractivity contribution in [2.24, 2.45) is 0 Å². The van der Waals surface area contributed by atoms with Crippen molar-refractivity contribution in [1.29, 1.82) is 0 Å². The molecule has 0 bridgehead atoms. The zero-order chi connectivity index (χ0) is 13.2. The van der Waals surface area contributed by atoms with Gasteiger partial charge in [0.2, 0.25) is 5.91 Å². The second-order valence-electron chi connectivity index (χ2n) is 4.73. The Bertz CT molecular complexity index is 438. The summed E-state index contributed by atoms with van der Waals surface area (Å²) in [5, 5.41) is 12.3. The fraction of sp³-hybridized carbons (Fsp3) is 0.462. The van der Waals surface area contributed by atoms with Crippen molar-refractivity contribution in [1.82, 2.24) is 5.32 Å². The number of halogens is 2. The zero-order valence-corrected chi connectivity index (χ0v) is 9.88. The number of amides is 1. The average Bonchev–Trinajstić information content (AvgIpc) is 2.29. The topological polar surface area (TPSA) is 49.3 Å². The van der Waals surface area contributed by atoms with Gasteiger partial charge in [-0.25, -0.2) is 8.78 Å². The molecule has 0 atom stereocenters. The summed E-state index contributed by atoms with van der Waals surface area (Å²) in [6.45, 7) is 0.141. The van der Waals surface area contributed by atoms with Gasteiger partial charge in [0.25, 0.3) is 0 Å². The summed E-state index contributed by atoms with van der Waals surface area (Å²) < 4.78 is 26.6. The molecule has 0 unspecified atom stereocenters. The molecule has 0 spiro atoms. The van der Waals surface area contributed by atoms with Crippen molar-refractivity contribution in [2.45, 2.75) is 31.3 Å². The van der Waals surface area contributed by atoms with Crippen LogP contribution in [0, 0.1) is 11.6 Å². The van der Waals surface area contributed by atoms with Crippen molar-refractivity contribution in [3.05, 3.63) is 35.4 Å². The van der Waals surface area contributed by atoms with E-state index in [2.05, 4.69) is 5.32 Å². The van der Waals surface area contributed by atoms with E-state index in [1.54, 1.807) is 0 Å². The summed E-state index contributed by atoms with van der Waals surface area (Å²) in [7, 11) is 0. The highest BCUT2D eigenvalue weighted by atomic mass is 19.1. The van der Waals surface area contributed by atoms with E-state index in [4.69, 9.17) is 0 Å². The third-order valence-corrected chi connectivity index (χ3v) is 3.30. The molecule has 1 fully saturated rings. The van der Waals surface area contributed by atoms with Crippen LogP contribution in [-0.2, 0) is 11.2 Å². The third kappa shape index (κ3) is 2.85. The molecule has 5 heteroatoms. The number of rotatable bonds is 4. The maximum atomic E-state index is 13.3. The summed E-state index contributed by atoms with van der Waals surface area (Å²) in [5.74, 6) is -1.95. The van der Waals surface area contributed by atoms with Gasteiger partial charge in [0.05, 0.1) is 12.0 Å². The number of hydrogen-bond donors (Lipinski definition) is 2. The second kappa shape index (κ2) is 5.02. The lowest BCUT2D eigenvalue weighted by Gasteiger charge is -2.36. The number of hydrogen-bond acceptors (Lipinski definition) is 2. The van der Waals surface area contributed by atoms with E-state index in [9.17, 15) is 18.7 Å². The number of aliphatic hydroxyl groups is 1. The first-order valence-corrected chi connectivity index (χ1v) is 5.92. The second-order valence-corrected chi connectivity index (χ2v) is 4.73. The van der Waals surface area contributed by atoms with Crippen LogP contribution < -0.4 is 5.32 Å². The first-order valence-electron chi connectivity index (χ1n) is 5.92. The van der Waals surface area contributed by atoms with E-state index >= 15 is 0 Å². The van der Waals surface area contributed by atoms with Crippen LogP contribution >= 0.6 is 0 Å². The highest BCUT2D eigenvalue weighted by molar-refractivity contribution is 5.78. The molecule has 2 rings (SSSR count). The van der Waals surface area contributed by atoms with Crippen LogP contribution in [0.1, 0.15) is 24.8 Å². The average molecular weight is 255 g/mol. The number of benzene rings is 1. The van der Waals surface area contributed by atoms with Gasteiger partial charge in [0.15, 0.2) is 0 Å². The molecule has 0 aromatic heterocycles. The summed E-state index contributed by atoms with van der Waals surface area (Å²) in [6.07, 6.45) is 1.89. The molecule has 1 aliphatic rings. The molecular weight excluding hydrogens is 240 g/mol. The summed E-state index contributed by atoms with van der Waals surface area (Å²) in [5.41, 5.74) is -1.07. The normalized spacial score (nSPS) is 17.1. The highest BCUT2D eigenvalue weighted by Gasteiger charge is 2.34. The van der Waals surface area contributed by atoms with Gasteiger partial charge in [-0.05, 0) is 31.4 Å². The van der Waals surface area contributed by atoms with Crippen LogP contribution in [-0.4, -0.2) is 23.2 Å². The quantitative estimate of drug-likeness (QED) is 0.857. The minimum Gasteiger partial charge on any atom is -0.388 e. The first kappa shape index (κ1) is 13.0. The van der Waals surface area contributed by atoms with Crippen LogP contribution in [0.2, 0.25) is 0 Å². The molecule has 1 aromatic carbocycles. The molecule has 98 valence electrons. The molecule has 2 N–H and O–H groups in total. The molecule has 3 nitrogen and oxygen atoms in total. The number of carbonyl (C=O) groups is 1. The molecule has 0 aliphatic heterocycles. The van der Waals surface area contributed by atoms with Gasteiger partial charge in [-0.1, -0.05) is 6.07 Å². The predicted octanol–water partition coefficient (Wildman–Crippen LogP) is 1.54.